The topological polar surface area (TPSA) is 46.9 Å². The number of para-hydroxylation sites is 1. The van der Waals surface area contributed by atoms with Crippen molar-refractivity contribution in [3.63, 3.8) is 0 Å². The Morgan fingerprint density at radius 3 is 3.06 bits per heavy atom. The molecule has 16 heavy (non-hydrogen) atoms. The van der Waals surface area contributed by atoms with E-state index in [1.807, 2.05) is 31.3 Å². The molecule has 0 fully saturated rings. The molecule has 0 atom stereocenters. The van der Waals surface area contributed by atoms with Crippen molar-refractivity contribution in [2.45, 2.75) is 0 Å². The van der Waals surface area contributed by atoms with Gasteiger partial charge in [0.25, 0.3) is 0 Å². The van der Waals surface area contributed by atoms with E-state index < -0.39 is 0 Å². The fourth-order valence-corrected chi connectivity index (χ4v) is 1.55. The van der Waals surface area contributed by atoms with Crippen LogP contribution in [-0.2, 0) is 11.8 Å². The van der Waals surface area contributed by atoms with Crippen molar-refractivity contribution in [1.82, 2.24) is 15.0 Å². The van der Waals surface area contributed by atoms with Gasteiger partial charge in [0, 0.05) is 12.4 Å². The summed E-state index contributed by atoms with van der Waals surface area (Å²) in [6.07, 6.45) is 1.22. The van der Waals surface area contributed by atoms with E-state index in [4.69, 9.17) is 0 Å². The summed E-state index contributed by atoms with van der Waals surface area (Å²) in [4.78, 5) is 11.0. The summed E-state index contributed by atoms with van der Waals surface area (Å²) in [5.41, 5.74) is 1.77. The van der Waals surface area contributed by atoms with Gasteiger partial charge in [0.05, 0.1) is 11.1 Å². The SMILES string of the molecule is C=CC(=O)N[B]c1nn(C)c2ccccc12. The molecule has 1 N–H and O–H groups in total. The number of nitrogens with zero attached hydrogens (tertiary/aromatic N) is 2. The van der Waals surface area contributed by atoms with E-state index in [1.165, 1.54) is 6.08 Å². The minimum absolute atomic E-state index is 0.241. The molecule has 2 rings (SSSR count). The van der Waals surface area contributed by atoms with Gasteiger partial charge in [-0.25, -0.2) is 0 Å². The lowest BCUT2D eigenvalue weighted by molar-refractivity contribution is -0.114. The molecule has 5 heteroatoms. The molecule has 1 aromatic heterocycles. The Hall–Kier alpha value is -2.04. The van der Waals surface area contributed by atoms with Gasteiger partial charge in [0.15, 0.2) is 0 Å². The van der Waals surface area contributed by atoms with Crippen LogP contribution in [0.2, 0.25) is 0 Å². The van der Waals surface area contributed by atoms with Crippen LogP contribution >= 0.6 is 0 Å². The Labute approximate surface area is 94.2 Å². The second kappa shape index (κ2) is 4.22. The second-order valence-corrected chi connectivity index (χ2v) is 3.38. The number of amides is 1. The summed E-state index contributed by atoms with van der Waals surface area (Å²) >= 11 is 0. The Bertz CT molecular complexity index is 547. The Kier molecular flexibility index (Phi) is 2.77. The highest BCUT2D eigenvalue weighted by Gasteiger charge is 2.09. The third kappa shape index (κ3) is 1.84. The molecule has 0 spiro atoms. The first-order chi connectivity index (χ1) is 7.72. The summed E-state index contributed by atoms with van der Waals surface area (Å²) in [6.45, 7) is 3.38. The zero-order valence-electron chi connectivity index (χ0n) is 8.97. The number of hydrogen-bond donors (Lipinski definition) is 1. The first kappa shape index (κ1) is 10.5. The van der Waals surface area contributed by atoms with Gasteiger partial charge < -0.3 is 5.23 Å². The molecule has 0 aliphatic heterocycles. The molecule has 0 unspecified atom stereocenters. The van der Waals surface area contributed by atoms with Gasteiger partial charge in [-0.15, -0.1) is 0 Å². The van der Waals surface area contributed by atoms with E-state index in [9.17, 15) is 4.79 Å². The lowest BCUT2D eigenvalue weighted by atomic mass is 9.86. The molecule has 0 saturated carbocycles. The number of hydrogen-bond acceptors (Lipinski definition) is 2. The van der Waals surface area contributed by atoms with Gasteiger partial charge >= 0.3 is 7.41 Å². The molecular weight excluding hydrogens is 201 g/mol. The Balaban J connectivity index is 2.31. The minimum atomic E-state index is -0.241. The highest BCUT2D eigenvalue weighted by Crippen LogP contribution is 2.08. The van der Waals surface area contributed by atoms with E-state index in [2.05, 4.69) is 16.9 Å². The number of aromatic nitrogens is 2. The predicted octanol–water partition coefficient (Wildman–Crippen LogP) is 0.120. The number of fused-ring (bicyclic) bond motifs is 1. The monoisotopic (exact) mass is 212 g/mol. The van der Waals surface area contributed by atoms with Gasteiger partial charge in [-0.1, -0.05) is 24.8 Å². The first-order valence-corrected chi connectivity index (χ1v) is 4.90. The molecule has 0 saturated heterocycles. The van der Waals surface area contributed by atoms with Crippen LogP contribution < -0.4 is 10.8 Å². The lowest BCUT2D eigenvalue weighted by Gasteiger charge is -1.96. The number of carbonyl (C=O) groups is 1. The van der Waals surface area contributed by atoms with Crippen LogP contribution in [0.25, 0.3) is 10.9 Å². The average molecular weight is 212 g/mol. The highest BCUT2D eigenvalue weighted by atomic mass is 16.1. The number of aryl methyl sites for hydroxylation is 1. The number of carbonyl (C=O) groups excluding carboxylic acids is 1. The van der Waals surface area contributed by atoms with E-state index in [0.29, 0.717) is 0 Å². The zero-order chi connectivity index (χ0) is 11.5. The quantitative estimate of drug-likeness (QED) is 0.580. The van der Waals surface area contributed by atoms with Crippen molar-refractivity contribution in [2.75, 3.05) is 0 Å². The lowest BCUT2D eigenvalue weighted by Crippen LogP contribution is -2.35. The van der Waals surface area contributed by atoms with Crippen LogP contribution in [-0.4, -0.2) is 23.1 Å². The van der Waals surface area contributed by atoms with Gasteiger partial charge in [0.1, 0.15) is 0 Å². The molecule has 79 valence electrons. The smallest absolute Gasteiger partial charge is 0.312 e. The van der Waals surface area contributed by atoms with E-state index in [0.717, 1.165) is 16.5 Å². The number of rotatable bonds is 3. The van der Waals surface area contributed by atoms with Crippen molar-refractivity contribution >= 4 is 29.8 Å². The summed E-state index contributed by atoms with van der Waals surface area (Å²) in [5.74, 6) is -0.241. The summed E-state index contributed by atoms with van der Waals surface area (Å²) < 4.78 is 1.78. The maximum absolute atomic E-state index is 11.0. The van der Waals surface area contributed by atoms with Crippen LogP contribution in [0.4, 0.5) is 0 Å². The van der Waals surface area contributed by atoms with Crippen molar-refractivity contribution in [1.29, 1.82) is 0 Å². The molecule has 0 aliphatic carbocycles. The molecule has 0 bridgehead atoms. The Morgan fingerprint density at radius 2 is 2.31 bits per heavy atom. The minimum Gasteiger partial charge on any atom is -0.393 e. The van der Waals surface area contributed by atoms with Crippen molar-refractivity contribution in [3.8, 4) is 0 Å². The normalized spacial score (nSPS) is 10.1. The van der Waals surface area contributed by atoms with Crippen LogP contribution in [0.1, 0.15) is 0 Å². The molecule has 2 aromatic rings. The number of nitrogens with one attached hydrogen (secondary N) is 1. The molecule has 1 radical (unpaired) electrons. The Morgan fingerprint density at radius 1 is 1.56 bits per heavy atom. The van der Waals surface area contributed by atoms with E-state index >= 15 is 0 Å². The fraction of sp³-hybridized carbons (Fsp3) is 0.0909. The molecule has 1 amide bonds. The standard InChI is InChI=1S/C11H11BN3O/c1-3-10(16)13-12-11-8-6-4-5-7-9(8)15(2)14-11/h3-7H,1H2,2H3,(H,13,16). The van der Waals surface area contributed by atoms with Crippen LogP contribution in [0.3, 0.4) is 0 Å². The first-order valence-electron chi connectivity index (χ1n) is 4.90. The van der Waals surface area contributed by atoms with Gasteiger partial charge in [-0.05, 0) is 12.1 Å². The van der Waals surface area contributed by atoms with Crippen LogP contribution in [0.5, 0.6) is 0 Å². The van der Waals surface area contributed by atoms with Crippen molar-refractivity contribution in [3.05, 3.63) is 36.9 Å². The fourth-order valence-electron chi connectivity index (χ4n) is 1.55. The molecule has 0 aliphatic rings. The molecule has 4 nitrogen and oxygen atoms in total. The maximum atomic E-state index is 11.0. The second-order valence-electron chi connectivity index (χ2n) is 3.38. The summed E-state index contributed by atoms with van der Waals surface area (Å²) in [5, 5.41) is 7.91. The molecular formula is C11H11BN3O. The summed E-state index contributed by atoms with van der Waals surface area (Å²) in [7, 11) is 3.46. The largest absolute Gasteiger partial charge is 0.393 e. The summed E-state index contributed by atoms with van der Waals surface area (Å²) in [6, 6.07) is 7.84. The maximum Gasteiger partial charge on any atom is 0.312 e. The molecule has 1 aromatic carbocycles. The van der Waals surface area contributed by atoms with Crippen LogP contribution in [0.15, 0.2) is 36.9 Å². The van der Waals surface area contributed by atoms with Crippen molar-refractivity contribution < 1.29 is 4.79 Å². The average Bonchev–Trinajstić information content (AvgIpc) is 2.64. The van der Waals surface area contributed by atoms with E-state index in [-0.39, 0.29) is 5.91 Å². The van der Waals surface area contributed by atoms with Crippen molar-refractivity contribution in [2.24, 2.45) is 7.05 Å². The third-order valence-electron chi connectivity index (χ3n) is 2.32. The van der Waals surface area contributed by atoms with Gasteiger partial charge in [0.2, 0.25) is 5.91 Å². The van der Waals surface area contributed by atoms with E-state index in [1.54, 1.807) is 12.1 Å². The van der Waals surface area contributed by atoms with Crippen LogP contribution in [0, 0.1) is 0 Å². The van der Waals surface area contributed by atoms with Gasteiger partial charge in [-0.3, -0.25) is 9.48 Å². The third-order valence-corrected chi connectivity index (χ3v) is 2.32. The number of benzene rings is 1. The molecule has 1 heterocycles. The highest BCUT2D eigenvalue weighted by molar-refractivity contribution is 6.56. The predicted molar refractivity (Wildman–Crippen MR) is 64.4 cm³/mol. The zero-order valence-corrected chi connectivity index (χ0v) is 8.97. The van der Waals surface area contributed by atoms with Gasteiger partial charge in [-0.2, -0.15) is 5.10 Å².